The predicted molar refractivity (Wildman–Crippen MR) is 87.6 cm³/mol. The van der Waals surface area contributed by atoms with Gasteiger partial charge >= 0.3 is 6.03 Å². The molecule has 0 atom stereocenters. The van der Waals surface area contributed by atoms with Gasteiger partial charge in [0.2, 0.25) is 0 Å². The van der Waals surface area contributed by atoms with Gasteiger partial charge in [-0.05, 0) is 36.4 Å². The average molecular weight is 343 g/mol. The van der Waals surface area contributed by atoms with Gasteiger partial charge in [0.05, 0.1) is 0 Å². The van der Waals surface area contributed by atoms with Crippen LogP contribution in [0.3, 0.4) is 0 Å². The van der Waals surface area contributed by atoms with E-state index in [9.17, 15) is 14.4 Å². The van der Waals surface area contributed by atoms with E-state index in [1.165, 1.54) is 6.08 Å². The Kier molecular flexibility index (Phi) is 4.31. The van der Waals surface area contributed by atoms with Gasteiger partial charge in [-0.25, -0.2) is 4.79 Å². The largest absolute Gasteiger partial charge is 0.457 e. The molecule has 3 rings (SSSR count). The van der Waals surface area contributed by atoms with Crippen LogP contribution in [0.5, 0.6) is 11.5 Å². The Hall–Kier alpha value is -3.12. The maximum atomic E-state index is 11.8. The van der Waals surface area contributed by atoms with Crippen LogP contribution < -0.4 is 15.4 Å². The van der Waals surface area contributed by atoms with Gasteiger partial charge in [0, 0.05) is 10.6 Å². The second-order valence-electron chi connectivity index (χ2n) is 4.89. The van der Waals surface area contributed by atoms with Crippen molar-refractivity contribution < 1.29 is 19.1 Å². The van der Waals surface area contributed by atoms with Crippen LogP contribution in [0.4, 0.5) is 4.79 Å². The minimum absolute atomic E-state index is 0.179. The van der Waals surface area contributed by atoms with Crippen LogP contribution in [0.1, 0.15) is 5.56 Å². The number of hydrogen-bond donors (Lipinski definition) is 2. The number of carbonyl (C=O) groups excluding carboxylic acids is 3. The standard InChI is InChI=1S/C17H11ClN2O4/c18-11-5-7-12(8-6-11)24-14-4-2-1-3-10(14)9-13-15(21)19-17(23)20-16(13)22/h1-9H,(H2,19,20,21,22,23). The molecule has 1 heterocycles. The van der Waals surface area contributed by atoms with Crippen LogP contribution in [0.25, 0.3) is 6.08 Å². The summed E-state index contributed by atoms with van der Waals surface area (Å²) in [6, 6.07) is 12.8. The lowest BCUT2D eigenvalue weighted by Crippen LogP contribution is -2.51. The maximum absolute atomic E-state index is 11.8. The van der Waals surface area contributed by atoms with E-state index in [2.05, 4.69) is 0 Å². The van der Waals surface area contributed by atoms with Crippen molar-refractivity contribution in [3.8, 4) is 11.5 Å². The fraction of sp³-hybridized carbons (Fsp3) is 0. The zero-order valence-corrected chi connectivity index (χ0v) is 13.0. The molecule has 6 nitrogen and oxygen atoms in total. The second-order valence-corrected chi connectivity index (χ2v) is 5.33. The number of imide groups is 2. The summed E-state index contributed by atoms with van der Waals surface area (Å²) in [6.07, 6.45) is 1.36. The molecule has 0 aromatic heterocycles. The molecule has 0 radical (unpaired) electrons. The van der Waals surface area contributed by atoms with E-state index < -0.39 is 17.8 Å². The van der Waals surface area contributed by atoms with Gasteiger partial charge in [-0.3, -0.25) is 20.2 Å². The summed E-state index contributed by atoms with van der Waals surface area (Å²) < 4.78 is 5.76. The highest BCUT2D eigenvalue weighted by molar-refractivity contribution is 6.31. The van der Waals surface area contributed by atoms with Gasteiger partial charge in [-0.2, -0.15) is 0 Å². The van der Waals surface area contributed by atoms with Crippen molar-refractivity contribution in [2.75, 3.05) is 0 Å². The third-order valence-corrected chi connectivity index (χ3v) is 3.46. The minimum atomic E-state index is -0.840. The highest BCUT2D eigenvalue weighted by Gasteiger charge is 2.27. The number of rotatable bonds is 3. The first kappa shape index (κ1) is 15.8. The minimum Gasteiger partial charge on any atom is -0.457 e. The van der Waals surface area contributed by atoms with E-state index in [0.29, 0.717) is 22.1 Å². The number of halogens is 1. The summed E-state index contributed by atoms with van der Waals surface area (Å²) in [5, 5.41) is 4.63. The highest BCUT2D eigenvalue weighted by atomic mass is 35.5. The molecule has 24 heavy (non-hydrogen) atoms. The number of urea groups is 1. The molecule has 4 amide bonds. The van der Waals surface area contributed by atoms with Crippen LogP contribution in [0.15, 0.2) is 54.1 Å². The molecule has 1 aliphatic heterocycles. The van der Waals surface area contributed by atoms with Crippen molar-refractivity contribution in [2.24, 2.45) is 0 Å². The zero-order chi connectivity index (χ0) is 17.1. The van der Waals surface area contributed by atoms with Gasteiger partial charge < -0.3 is 4.74 Å². The van der Waals surface area contributed by atoms with Crippen LogP contribution in [0, 0.1) is 0 Å². The molecule has 1 fully saturated rings. The Morgan fingerprint density at radius 1 is 0.875 bits per heavy atom. The molecule has 120 valence electrons. The summed E-state index contributed by atoms with van der Waals surface area (Å²) >= 11 is 5.84. The van der Waals surface area contributed by atoms with Crippen molar-refractivity contribution in [3.05, 3.63) is 64.7 Å². The molecule has 2 aromatic rings. The molecule has 1 saturated heterocycles. The molecule has 2 N–H and O–H groups in total. The lowest BCUT2D eigenvalue weighted by molar-refractivity contribution is -0.123. The van der Waals surface area contributed by atoms with E-state index in [1.54, 1.807) is 48.5 Å². The lowest BCUT2D eigenvalue weighted by Gasteiger charge is -2.15. The summed E-state index contributed by atoms with van der Waals surface area (Å²) in [5.74, 6) is -0.516. The number of nitrogens with one attached hydrogen (secondary N) is 2. The SMILES string of the molecule is O=C1NC(=O)C(=Cc2ccccc2Oc2ccc(Cl)cc2)C(=O)N1. The molecule has 0 unspecified atom stereocenters. The number of barbiturate groups is 1. The Balaban J connectivity index is 1.93. The molecule has 0 bridgehead atoms. The second kappa shape index (κ2) is 6.55. The van der Waals surface area contributed by atoms with Gasteiger partial charge in [0.15, 0.2) is 0 Å². The van der Waals surface area contributed by atoms with Crippen molar-refractivity contribution in [1.29, 1.82) is 0 Å². The number of ether oxygens (including phenoxy) is 1. The predicted octanol–water partition coefficient (Wildman–Crippen LogP) is 2.88. The quantitative estimate of drug-likeness (QED) is 0.663. The van der Waals surface area contributed by atoms with E-state index >= 15 is 0 Å². The zero-order valence-electron chi connectivity index (χ0n) is 12.2. The first-order valence-electron chi connectivity index (χ1n) is 6.94. The van der Waals surface area contributed by atoms with Gasteiger partial charge in [-0.15, -0.1) is 0 Å². The number of para-hydroxylation sites is 1. The maximum Gasteiger partial charge on any atom is 0.328 e. The smallest absolute Gasteiger partial charge is 0.328 e. The van der Waals surface area contributed by atoms with Crippen LogP contribution >= 0.6 is 11.6 Å². The topological polar surface area (TPSA) is 84.5 Å². The third kappa shape index (κ3) is 3.44. The Morgan fingerprint density at radius 2 is 1.50 bits per heavy atom. The average Bonchev–Trinajstić information content (AvgIpc) is 2.54. The number of benzene rings is 2. The number of amides is 4. The first-order valence-corrected chi connectivity index (χ1v) is 7.31. The summed E-state index contributed by atoms with van der Waals surface area (Å²) in [7, 11) is 0. The molecule has 2 aromatic carbocycles. The van der Waals surface area contributed by atoms with E-state index in [4.69, 9.17) is 16.3 Å². The molecular formula is C17H11ClN2O4. The fourth-order valence-electron chi connectivity index (χ4n) is 2.08. The van der Waals surface area contributed by atoms with Crippen molar-refractivity contribution in [1.82, 2.24) is 10.6 Å². The Bertz CT molecular complexity index is 837. The van der Waals surface area contributed by atoms with Crippen molar-refractivity contribution >= 4 is 35.5 Å². The fourth-order valence-corrected chi connectivity index (χ4v) is 2.21. The van der Waals surface area contributed by atoms with Crippen LogP contribution in [-0.4, -0.2) is 17.8 Å². The third-order valence-electron chi connectivity index (χ3n) is 3.20. The summed E-state index contributed by atoms with van der Waals surface area (Å²) in [4.78, 5) is 34.7. The van der Waals surface area contributed by atoms with E-state index in [1.807, 2.05) is 10.6 Å². The van der Waals surface area contributed by atoms with Crippen molar-refractivity contribution in [2.45, 2.75) is 0 Å². The highest BCUT2D eigenvalue weighted by Crippen LogP contribution is 2.28. The van der Waals surface area contributed by atoms with Crippen molar-refractivity contribution in [3.63, 3.8) is 0 Å². The number of hydrogen-bond acceptors (Lipinski definition) is 4. The van der Waals surface area contributed by atoms with Gasteiger partial charge in [0.1, 0.15) is 17.1 Å². The molecular weight excluding hydrogens is 332 g/mol. The monoisotopic (exact) mass is 342 g/mol. The van der Waals surface area contributed by atoms with Crippen LogP contribution in [-0.2, 0) is 9.59 Å². The molecule has 0 aliphatic carbocycles. The van der Waals surface area contributed by atoms with Gasteiger partial charge in [0.25, 0.3) is 11.8 Å². The molecule has 0 saturated carbocycles. The Labute approximate surface area is 142 Å². The van der Waals surface area contributed by atoms with Gasteiger partial charge in [-0.1, -0.05) is 29.8 Å². The Morgan fingerprint density at radius 3 is 2.17 bits per heavy atom. The van der Waals surface area contributed by atoms with E-state index in [-0.39, 0.29) is 5.57 Å². The van der Waals surface area contributed by atoms with Crippen LogP contribution in [0.2, 0.25) is 5.02 Å². The summed E-state index contributed by atoms with van der Waals surface area (Å²) in [5.41, 5.74) is 0.337. The first-order chi connectivity index (χ1) is 11.5. The number of carbonyl (C=O) groups is 3. The normalized spacial score (nSPS) is 14.0. The summed E-state index contributed by atoms with van der Waals surface area (Å²) in [6.45, 7) is 0. The molecule has 0 spiro atoms. The van der Waals surface area contributed by atoms with E-state index in [0.717, 1.165) is 0 Å². The lowest BCUT2D eigenvalue weighted by atomic mass is 10.1. The molecule has 1 aliphatic rings. The molecule has 7 heteroatoms.